The summed E-state index contributed by atoms with van der Waals surface area (Å²) in [6, 6.07) is 2.06. The fraction of sp³-hybridized carbons (Fsp3) is 0.667. The van der Waals surface area contributed by atoms with Crippen LogP contribution >= 0.6 is 0 Å². The summed E-state index contributed by atoms with van der Waals surface area (Å²) >= 11 is 0. The van der Waals surface area contributed by atoms with Crippen LogP contribution in [0.15, 0.2) is 6.07 Å². The summed E-state index contributed by atoms with van der Waals surface area (Å²) in [7, 11) is 0. The van der Waals surface area contributed by atoms with Crippen molar-refractivity contribution in [2.24, 2.45) is 0 Å². The maximum Gasteiger partial charge on any atom is 0.227 e. The second-order valence-electron chi connectivity index (χ2n) is 5.77. The molecule has 1 aromatic rings. The van der Waals surface area contributed by atoms with Crippen LogP contribution in [0.5, 0.6) is 0 Å². The number of nitrogens with zero attached hydrogens (tertiary/aromatic N) is 1. The van der Waals surface area contributed by atoms with E-state index in [0.29, 0.717) is 19.6 Å². The van der Waals surface area contributed by atoms with Gasteiger partial charge in [-0.15, -0.1) is 0 Å². The average molecular weight is 278 g/mol. The fourth-order valence-electron chi connectivity index (χ4n) is 3.12. The molecule has 2 fully saturated rings. The average Bonchev–Trinajstić information content (AvgIpc) is 2.98. The van der Waals surface area contributed by atoms with Gasteiger partial charge in [-0.25, -0.2) is 0 Å². The molecule has 1 aromatic heterocycles. The molecule has 2 saturated heterocycles. The van der Waals surface area contributed by atoms with Crippen molar-refractivity contribution >= 4 is 5.91 Å². The number of H-pyrrole nitrogens is 1. The molecule has 0 aliphatic carbocycles. The highest BCUT2D eigenvalue weighted by atomic mass is 16.7. The molecular formula is C15H22N2O3. The van der Waals surface area contributed by atoms with E-state index in [1.54, 1.807) is 0 Å². The molecule has 5 nitrogen and oxygen atoms in total. The number of nitrogens with one attached hydrogen (secondary N) is 1. The van der Waals surface area contributed by atoms with Gasteiger partial charge in [-0.3, -0.25) is 4.79 Å². The molecule has 2 aliphatic heterocycles. The zero-order valence-corrected chi connectivity index (χ0v) is 12.2. The van der Waals surface area contributed by atoms with Crippen LogP contribution in [0.25, 0.3) is 0 Å². The summed E-state index contributed by atoms with van der Waals surface area (Å²) in [5, 5.41) is 0. The number of carbonyl (C=O) groups is 1. The van der Waals surface area contributed by atoms with Gasteiger partial charge in [-0.1, -0.05) is 0 Å². The highest BCUT2D eigenvalue weighted by Gasteiger charge is 2.40. The Balaban J connectivity index is 1.58. The van der Waals surface area contributed by atoms with E-state index < -0.39 is 5.79 Å². The van der Waals surface area contributed by atoms with Gasteiger partial charge in [0.1, 0.15) is 0 Å². The van der Waals surface area contributed by atoms with E-state index in [9.17, 15) is 4.79 Å². The highest BCUT2D eigenvalue weighted by Crippen LogP contribution is 2.31. The Morgan fingerprint density at radius 1 is 1.30 bits per heavy atom. The molecule has 0 aromatic carbocycles. The minimum absolute atomic E-state index is 0.194. The lowest BCUT2D eigenvalue weighted by Gasteiger charge is -2.37. The molecule has 1 spiro atoms. The minimum atomic E-state index is -0.405. The molecule has 0 radical (unpaired) electrons. The number of aromatic nitrogens is 1. The number of likely N-dealkylation sites (tertiary alicyclic amines) is 1. The molecule has 2 aliphatic rings. The molecule has 1 amide bonds. The molecule has 5 heteroatoms. The largest absolute Gasteiger partial charge is 0.362 e. The second-order valence-corrected chi connectivity index (χ2v) is 5.77. The molecule has 3 heterocycles. The predicted octanol–water partition coefficient (Wildman–Crippen LogP) is 1.54. The molecule has 3 rings (SSSR count). The van der Waals surface area contributed by atoms with Crippen LogP contribution in [0, 0.1) is 13.8 Å². The van der Waals surface area contributed by atoms with Gasteiger partial charge >= 0.3 is 0 Å². The summed E-state index contributed by atoms with van der Waals surface area (Å²) in [5.74, 6) is -0.211. The van der Waals surface area contributed by atoms with Gasteiger partial charge in [-0.2, -0.15) is 0 Å². The SMILES string of the molecule is Cc1cc(CC(=O)N2CCC3(CC2)OCCO3)c(C)[nH]1. The normalized spacial score (nSPS) is 21.6. The number of amides is 1. The molecule has 0 unspecified atom stereocenters. The third-order valence-corrected chi connectivity index (χ3v) is 4.29. The molecule has 1 N–H and O–H groups in total. The topological polar surface area (TPSA) is 54.6 Å². The number of aryl methyl sites for hydroxylation is 2. The molecule has 110 valence electrons. The van der Waals surface area contributed by atoms with E-state index in [-0.39, 0.29) is 5.91 Å². The second kappa shape index (κ2) is 5.22. The van der Waals surface area contributed by atoms with Crippen molar-refractivity contribution in [3.8, 4) is 0 Å². The van der Waals surface area contributed by atoms with Crippen molar-refractivity contribution in [2.45, 2.75) is 38.9 Å². The Morgan fingerprint density at radius 2 is 1.95 bits per heavy atom. The molecule has 20 heavy (non-hydrogen) atoms. The first-order chi connectivity index (χ1) is 9.58. The third-order valence-electron chi connectivity index (χ3n) is 4.29. The lowest BCUT2D eigenvalue weighted by atomic mass is 10.0. The molecule has 0 saturated carbocycles. The Morgan fingerprint density at radius 3 is 2.50 bits per heavy atom. The van der Waals surface area contributed by atoms with Gasteiger partial charge in [-0.05, 0) is 25.5 Å². The smallest absolute Gasteiger partial charge is 0.227 e. The van der Waals surface area contributed by atoms with E-state index >= 15 is 0 Å². The first-order valence-electron chi connectivity index (χ1n) is 7.29. The summed E-state index contributed by atoms with van der Waals surface area (Å²) in [5.41, 5.74) is 3.29. The van der Waals surface area contributed by atoms with Crippen LogP contribution in [-0.4, -0.2) is 47.9 Å². The van der Waals surface area contributed by atoms with Crippen LogP contribution in [0.2, 0.25) is 0 Å². The molecule has 0 bridgehead atoms. The van der Waals surface area contributed by atoms with Crippen molar-refractivity contribution in [3.05, 3.63) is 23.0 Å². The quantitative estimate of drug-likeness (QED) is 0.893. The van der Waals surface area contributed by atoms with Gasteiger partial charge in [0.05, 0.1) is 19.6 Å². The zero-order valence-electron chi connectivity index (χ0n) is 12.2. The van der Waals surface area contributed by atoms with E-state index in [1.807, 2.05) is 18.7 Å². The lowest BCUT2D eigenvalue weighted by Crippen LogP contribution is -2.47. The van der Waals surface area contributed by atoms with Gasteiger partial charge in [0.2, 0.25) is 5.91 Å². The van der Waals surface area contributed by atoms with Crippen LogP contribution in [0.3, 0.4) is 0 Å². The number of piperidine rings is 1. The maximum absolute atomic E-state index is 12.4. The standard InChI is InChI=1S/C15H22N2O3/c1-11-9-13(12(2)16-11)10-14(18)17-5-3-15(4-6-17)19-7-8-20-15/h9,16H,3-8,10H2,1-2H3. The van der Waals surface area contributed by atoms with Gasteiger partial charge < -0.3 is 19.4 Å². The van der Waals surface area contributed by atoms with Crippen molar-refractivity contribution in [1.82, 2.24) is 9.88 Å². The number of aromatic amines is 1. The van der Waals surface area contributed by atoms with E-state index in [0.717, 1.165) is 42.9 Å². The fourth-order valence-corrected chi connectivity index (χ4v) is 3.12. The van der Waals surface area contributed by atoms with Crippen LogP contribution < -0.4 is 0 Å². The van der Waals surface area contributed by atoms with Crippen molar-refractivity contribution in [2.75, 3.05) is 26.3 Å². The van der Waals surface area contributed by atoms with Gasteiger partial charge in [0.15, 0.2) is 5.79 Å². The summed E-state index contributed by atoms with van der Waals surface area (Å²) < 4.78 is 11.4. The van der Waals surface area contributed by atoms with E-state index in [1.165, 1.54) is 0 Å². The maximum atomic E-state index is 12.4. The van der Waals surface area contributed by atoms with Crippen LogP contribution in [-0.2, 0) is 20.7 Å². The molecule has 0 atom stereocenters. The number of hydrogen-bond donors (Lipinski definition) is 1. The minimum Gasteiger partial charge on any atom is -0.362 e. The van der Waals surface area contributed by atoms with E-state index in [4.69, 9.17) is 9.47 Å². The first-order valence-corrected chi connectivity index (χ1v) is 7.29. The van der Waals surface area contributed by atoms with Gasteiger partial charge in [0, 0.05) is 37.3 Å². The molecular weight excluding hydrogens is 256 g/mol. The number of hydrogen-bond acceptors (Lipinski definition) is 3. The highest BCUT2D eigenvalue weighted by molar-refractivity contribution is 5.79. The third kappa shape index (κ3) is 2.60. The number of ether oxygens (including phenoxy) is 2. The van der Waals surface area contributed by atoms with Crippen LogP contribution in [0.4, 0.5) is 0 Å². The Hall–Kier alpha value is -1.33. The summed E-state index contributed by atoms with van der Waals surface area (Å²) in [6.07, 6.45) is 2.04. The van der Waals surface area contributed by atoms with Gasteiger partial charge in [0.25, 0.3) is 0 Å². The van der Waals surface area contributed by atoms with Crippen molar-refractivity contribution in [3.63, 3.8) is 0 Å². The summed E-state index contributed by atoms with van der Waals surface area (Å²) in [6.45, 7) is 6.83. The summed E-state index contributed by atoms with van der Waals surface area (Å²) in [4.78, 5) is 17.5. The Bertz CT molecular complexity index is 493. The van der Waals surface area contributed by atoms with Crippen LogP contribution in [0.1, 0.15) is 29.8 Å². The van der Waals surface area contributed by atoms with Crippen molar-refractivity contribution in [1.29, 1.82) is 0 Å². The Kier molecular flexibility index (Phi) is 3.56. The predicted molar refractivity (Wildman–Crippen MR) is 74.4 cm³/mol. The zero-order chi connectivity index (χ0) is 14.2. The van der Waals surface area contributed by atoms with E-state index in [2.05, 4.69) is 11.1 Å². The Labute approximate surface area is 119 Å². The number of carbonyl (C=O) groups excluding carboxylic acids is 1. The monoisotopic (exact) mass is 278 g/mol. The van der Waals surface area contributed by atoms with Crippen molar-refractivity contribution < 1.29 is 14.3 Å². The lowest BCUT2D eigenvalue weighted by molar-refractivity contribution is -0.187. The number of rotatable bonds is 2. The first kappa shape index (κ1) is 13.6.